The second-order valence-corrected chi connectivity index (χ2v) is 4.22. The average Bonchev–Trinajstić information content (AvgIpc) is 2.27. The van der Waals surface area contributed by atoms with Gasteiger partial charge in [0, 0.05) is 24.3 Å². The predicted molar refractivity (Wildman–Crippen MR) is 52.4 cm³/mol. The minimum atomic E-state index is 0.201. The molecule has 2 rings (SSSR count). The summed E-state index contributed by atoms with van der Waals surface area (Å²) in [6.45, 7) is 4.31. The van der Waals surface area contributed by atoms with Crippen molar-refractivity contribution in [1.82, 2.24) is 9.78 Å². The van der Waals surface area contributed by atoms with Crippen LogP contribution in [0.3, 0.4) is 0 Å². The summed E-state index contributed by atoms with van der Waals surface area (Å²) >= 11 is 0. The smallest absolute Gasteiger partial charge is 0.0644 e. The molecular weight excluding hydrogens is 162 g/mol. The van der Waals surface area contributed by atoms with E-state index in [0.717, 1.165) is 18.5 Å². The summed E-state index contributed by atoms with van der Waals surface area (Å²) in [4.78, 5) is 0. The zero-order valence-corrected chi connectivity index (χ0v) is 8.54. The standard InChI is InChI=1S/C10H17N3/c1-6-4-8(11)10-7(2)12-13(3)9(10)5-6/h6,8H,4-5,11H2,1-3H3. The van der Waals surface area contributed by atoms with Crippen molar-refractivity contribution in [3.63, 3.8) is 0 Å². The lowest BCUT2D eigenvalue weighted by Crippen LogP contribution is -2.23. The van der Waals surface area contributed by atoms with Gasteiger partial charge in [-0.2, -0.15) is 5.10 Å². The molecule has 1 aliphatic carbocycles. The van der Waals surface area contributed by atoms with Crippen LogP contribution in [-0.2, 0) is 13.5 Å². The Morgan fingerprint density at radius 1 is 1.54 bits per heavy atom. The molecule has 72 valence electrons. The van der Waals surface area contributed by atoms with Crippen LogP contribution in [0.15, 0.2) is 0 Å². The second-order valence-electron chi connectivity index (χ2n) is 4.22. The number of hydrogen-bond acceptors (Lipinski definition) is 2. The lowest BCUT2D eigenvalue weighted by atomic mass is 9.85. The normalized spacial score (nSPS) is 27.4. The van der Waals surface area contributed by atoms with Crippen LogP contribution in [0, 0.1) is 12.8 Å². The van der Waals surface area contributed by atoms with E-state index in [2.05, 4.69) is 18.9 Å². The monoisotopic (exact) mass is 179 g/mol. The van der Waals surface area contributed by atoms with E-state index in [1.807, 2.05) is 11.7 Å². The Balaban J connectivity index is 2.51. The molecule has 1 aromatic heterocycles. The third kappa shape index (κ3) is 1.27. The van der Waals surface area contributed by atoms with Gasteiger partial charge in [0.05, 0.1) is 5.69 Å². The van der Waals surface area contributed by atoms with E-state index in [1.165, 1.54) is 11.3 Å². The minimum absolute atomic E-state index is 0.201. The number of aromatic nitrogens is 2. The first-order chi connectivity index (χ1) is 6.09. The maximum atomic E-state index is 6.10. The molecule has 2 atom stereocenters. The first kappa shape index (κ1) is 8.75. The molecule has 0 saturated carbocycles. The molecule has 0 fully saturated rings. The van der Waals surface area contributed by atoms with Crippen LogP contribution in [0.5, 0.6) is 0 Å². The van der Waals surface area contributed by atoms with Crippen molar-refractivity contribution in [3.05, 3.63) is 17.0 Å². The number of nitrogens with zero attached hydrogens (tertiary/aromatic N) is 2. The van der Waals surface area contributed by atoms with Crippen molar-refractivity contribution in [3.8, 4) is 0 Å². The molecule has 0 aliphatic heterocycles. The highest BCUT2D eigenvalue weighted by atomic mass is 15.3. The summed E-state index contributed by atoms with van der Waals surface area (Å²) < 4.78 is 1.99. The van der Waals surface area contributed by atoms with E-state index in [9.17, 15) is 0 Å². The first-order valence-corrected chi connectivity index (χ1v) is 4.87. The SMILES string of the molecule is Cc1nn(C)c2c1C(N)CC(C)C2. The van der Waals surface area contributed by atoms with Crippen molar-refractivity contribution >= 4 is 0 Å². The Kier molecular flexibility index (Phi) is 1.91. The van der Waals surface area contributed by atoms with Crippen LogP contribution < -0.4 is 5.73 Å². The summed E-state index contributed by atoms with van der Waals surface area (Å²) in [7, 11) is 2.01. The van der Waals surface area contributed by atoms with Gasteiger partial charge in [-0.1, -0.05) is 6.92 Å². The fourth-order valence-electron chi connectivity index (χ4n) is 2.41. The molecule has 0 radical (unpaired) electrons. The van der Waals surface area contributed by atoms with Crippen molar-refractivity contribution in [2.75, 3.05) is 0 Å². The Labute approximate surface area is 78.9 Å². The van der Waals surface area contributed by atoms with E-state index in [1.54, 1.807) is 0 Å². The molecule has 3 nitrogen and oxygen atoms in total. The minimum Gasteiger partial charge on any atom is -0.324 e. The highest BCUT2D eigenvalue weighted by Crippen LogP contribution is 2.32. The summed E-state index contributed by atoms with van der Waals surface area (Å²) in [5.41, 5.74) is 9.83. The van der Waals surface area contributed by atoms with Gasteiger partial charge in [-0.25, -0.2) is 0 Å². The maximum absolute atomic E-state index is 6.10. The van der Waals surface area contributed by atoms with Gasteiger partial charge in [0.1, 0.15) is 0 Å². The summed E-state index contributed by atoms with van der Waals surface area (Å²) in [6, 6.07) is 0.201. The molecular formula is C10H17N3. The van der Waals surface area contributed by atoms with E-state index in [4.69, 9.17) is 5.73 Å². The third-order valence-electron chi connectivity index (χ3n) is 2.96. The van der Waals surface area contributed by atoms with E-state index in [-0.39, 0.29) is 6.04 Å². The zero-order valence-electron chi connectivity index (χ0n) is 8.54. The van der Waals surface area contributed by atoms with Crippen LogP contribution in [0.1, 0.15) is 36.3 Å². The van der Waals surface area contributed by atoms with Gasteiger partial charge in [0.2, 0.25) is 0 Å². The van der Waals surface area contributed by atoms with Gasteiger partial charge in [-0.05, 0) is 25.7 Å². The predicted octanol–water partition coefficient (Wildman–Crippen LogP) is 1.31. The fourth-order valence-corrected chi connectivity index (χ4v) is 2.41. The van der Waals surface area contributed by atoms with Crippen molar-refractivity contribution in [1.29, 1.82) is 0 Å². The molecule has 1 heterocycles. The van der Waals surface area contributed by atoms with E-state index in [0.29, 0.717) is 5.92 Å². The van der Waals surface area contributed by atoms with Crippen LogP contribution in [0.2, 0.25) is 0 Å². The summed E-state index contributed by atoms with van der Waals surface area (Å²) in [6.07, 6.45) is 2.22. The molecule has 0 amide bonds. The zero-order chi connectivity index (χ0) is 9.59. The topological polar surface area (TPSA) is 43.8 Å². The average molecular weight is 179 g/mol. The second kappa shape index (κ2) is 2.84. The van der Waals surface area contributed by atoms with Crippen LogP contribution in [0.25, 0.3) is 0 Å². The molecule has 0 spiro atoms. The summed E-state index contributed by atoms with van der Waals surface area (Å²) in [5, 5.41) is 4.41. The molecule has 1 aromatic rings. The molecule has 13 heavy (non-hydrogen) atoms. The van der Waals surface area contributed by atoms with Crippen LogP contribution in [0.4, 0.5) is 0 Å². The highest BCUT2D eigenvalue weighted by molar-refractivity contribution is 5.31. The van der Waals surface area contributed by atoms with E-state index >= 15 is 0 Å². The molecule has 3 heteroatoms. The van der Waals surface area contributed by atoms with Gasteiger partial charge in [0.15, 0.2) is 0 Å². The highest BCUT2D eigenvalue weighted by Gasteiger charge is 2.26. The van der Waals surface area contributed by atoms with Crippen molar-refractivity contribution in [2.45, 2.75) is 32.7 Å². The lowest BCUT2D eigenvalue weighted by Gasteiger charge is -2.24. The number of aryl methyl sites for hydroxylation is 2. The van der Waals surface area contributed by atoms with Gasteiger partial charge >= 0.3 is 0 Å². The van der Waals surface area contributed by atoms with Gasteiger partial charge in [-0.15, -0.1) is 0 Å². The van der Waals surface area contributed by atoms with Crippen LogP contribution in [-0.4, -0.2) is 9.78 Å². The number of fused-ring (bicyclic) bond motifs is 1. The molecule has 1 aliphatic rings. The Morgan fingerprint density at radius 2 is 2.23 bits per heavy atom. The molecule has 2 N–H and O–H groups in total. The summed E-state index contributed by atoms with van der Waals surface area (Å²) in [5.74, 6) is 0.692. The molecule has 0 saturated heterocycles. The fraction of sp³-hybridized carbons (Fsp3) is 0.700. The van der Waals surface area contributed by atoms with Gasteiger partial charge < -0.3 is 5.73 Å². The lowest BCUT2D eigenvalue weighted by molar-refractivity contribution is 0.425. The molecule has 2 unspecified atom stereocenters. The third-order valence-corrected chi connectivity index (χ3v) is 2.96. The Bertz CT molecular complexity index is 327. The van der Waals surface area contributed by atoms with Crippen LogP contribution >= 0.6 is 0 Å². The van der Waals surface area contributed by atoms with Gasteiger partial charge in [-0.3, -0.25) is 4.68 Å². The quantitative estimate of drug-likeness (QED) is 0.652. The van der Waals surface area contributed by atoms with Crippen molar-refractivity contribution in [2.24, 2.45) is 18.7 Å². The number of rotatable bonds is 0. The Hall–Kier alpha value is -0.830. The molecule has 0 bridgehead atoms. The van der Waals surface area contributed by atoms with Crippen molar-refractivity contribution < 1.29 is 0 Å². The first-order valence-electron chi connectivity index (χ1n) is 4.87. The Morgan fingerprint density at radius 3 is 2.92 bits per heavy atom. The largest absolute Gasteiger partial charge is 0.324 e. The number of nitrogens with two attached hydrogens (primary N) is 1. The number of hydrogen-bond donors (Lipinski definition) is 1. The molecule has 0 aromatic carbocycles. The maximum Gasteiger partial charge on any atom is 0.0644 e. The van der Waals surface area contributed by atoms with Gasteiger partial charge in [0.25, 0.3) is 0 Å². The van der Waals surface area contributed by atoms with E-state index < -0.39 is 0 Å².